The summed E-state index contributed by atoms with van der Waals surface area (Å²) < 4.78 is 1.65. The number of carbonyl (C=O) groups excluding carboxylic acids is 1. The van der Waals surface area contributed by atoms with Gasteiger partial charge in [0.1, 0.15) is 11.4 Å². The van der Waals surface area contributed by atoms with E-state index in [9.17, 15) is 4.79 Å². The van der Waals surface area contributed by atoms with Crippen LogP contribution in [0.3, 0.4) is 0 Å². The van der Waals surface area contributed by atoms with Crippen LogP contribution in [0.15, 0.2) is 24.5 Å². The monoisotopic (exact) mass is 233 g/mol. The molecule has 0 spiro atoms. The zero-order valence-corrected chi connectivity index (χ0v) is 9.84. The number of aromatic nitrogens is 3. The maximum absolute atomic E-state index is 11.4. The molecule has 3 N–H and O–H groups in total. The lowest BCUT2D eigenvalue weighted by molar-refractivity contribution is -0.121. The fourth-order valence-electron chi connectivity index (χ4n) is 1.49. The summed E-state index contributed by atoms with van der Waals surface area (Å²) in [4.78, 5) is 15.7. The summed E-state index contributed by atoms with van der Waals surface area (Å²) in [5.41, 5.74) is 5.31. The van der Waals surface area contributed by atoms with E-state index in [0.717, 1.165) is 5.65 Å². The van der Waals surface area contributed by atoms with Crippen molar-refractivity contribution < 1.29 is 4.79 Å². The third-order valence-corrected chi connectivity index (χ3v) is 2.91. The van der Waals surface area contributed by atoms with Crippen molar-refractivity contribution in [1.82, 2.24) is 14.6 Å². The molecule has 0 radical (unpaired) electrons. The Morgan fingerprint density at radius 2 is 2.35 bits per heavy atom. The molecule has 0 aliphatic rings. The van der Waals surface area contributed by atoms with Crippen molar-refractivity contribution in [2.24, 2.45) is 5.73 Å². The van der Waals surface area contributed by atoms with E-state index in [4.69, 9.17) is 5.73 Å². The van der Waals surface area contributed by atoms with Gasteiger partial charge < -0.3 is 11.1 Å². The molecule has 0 bridgehead atoms. The maximum Gasteiger partial charge on any atom is 0.242 e. The molecule has 6 heteroatoms. The molecule has 2 aromatic rings. The molecule has 0 aromatic carbocycles. The summed E-state index contributed by atoms with van der Waals surface area (Å²) in [6.07, 6.45) is 4.04. The Bertz CT molecular complexity index is 550. The van der Waals surface area contributed by atoms with Crippen molar-refractivity contribution in [3.63, 3.8) is 0 Å². The molecule has 90 valence electrons. The molecule has 1 unspecified atom stereocenters. The van der Waals surface area contributed by atoms with Gasteiger partial charge in [0.05, 0.1) is 6.20 Å². The smallest absolute Gasteiger partial charge is 0.242 e. The standard InChI is InChI=1S/C11H15N5O/c1-3-11(2,10(12)17)15-8-5-7-16-9(14-8)4-6-13-16/h4-7H,3H2,1-2H3,(H2,12,17)(H,14,15). The highest BCUT2D eigenvalue weighted by Gasteiger charge is 2.29. The van der Waals surface area contributed by atoms with Crippen LogP contribution in [0, 0.1) is 0 Å². The number of nitrogens with zero attached hydrogens (tertiary/aromatic N) is 3. The number of hydrogen-bond acceptors (Lipinski definition) is 4. The van der Waals surface area contributed by atoms with Gasteiger partial charge >= 0.3 is 0 Å². The Labute approximate surface area is 98.8 Å². The first kappa shape index (κ1) is 11.4. The molecule has 0 aliphatic heterocycles. The first-order valence-electron chi connectivity index (χ1n) is 5.43. The van der Waals surface area contributed by atoms with Crippen LogP contribution in [-0.4, -0.2) is 26.0 Å². The molecule has 1 atom stereocenters. The van der Waals surface area contributed by atoms with Gasteiger partial charge in [-0.15, -0.1) is 0 Å². The fraction of sp³-hybridized carbons (Fsp3) is 0.364. The molecule has 0 aliphatic carbocycles. The molecule has 2 heterocycles. The van der Waals surface area contributed by atoms with E-state index in [2.05, 4.69) is 15.4 Å². The van der Waals surface area contributed by atoms with Crippen LogP contribution in [0.25, 0.3) is 5.65 Å². The van der Waals surface area contributed by atoms with Crippen molar-refractivity contribution >= 4 is 17.4 Å². The highest BCUT2D eigenvalue weighted by atomic mass is 16.1. The van der Waals surface area contributed by atoms with E-state index in [1.54, 1.807) is 36.0 Å². The minimum Gasteiger partial charge on any atom is -0.368 e. The zero-order chi connectivity index (χ0) is 12.5. The molecule has 2 rings (SSSR count). The average Bonchev–Trinajstić information content (AvgIpc) is 2.75. The van der Waals surface area contributed by atoms with Gasteiger partial charge in [0, 0.05) is 12.3 Å². The van der Waals surface area contributed by atoms with Crippen LogP contribution < -0.4 is 11.1 Å². The van der Waals surface area contributed by atoms with E-state index >= 15 is 0 Å². The van der Waals surface area contributed by atoms with E-state index < -0.39 is 11.4 Å². The highest BCUT2D eigenvalue weighted by molar-refractivity contribution is 5.87. The maximum atomic E-state index is 11.4. The zero-order valence-electron chi connectivity index (χ0n) is 9.84. The fourth-order valence-corrected chi connectivity index (χ4v) is 1.49. The van der Waals surface area contributed by atoms with Crippen molar-refractivity contribution in [3.8, 4) is 0 Å². The Kier molecular flexibility index (Phi) is 2.71. The second-order valence-corrected chi connectivity index (χ2v) is 4.12. The highest BCUT2D eigenvalue weighted by Crippen LogP contribution is 2.16. The van der Waals surface area contributed by atoms with E-state index in [-0.39, 0.29) is 0 Å². The quantitative estimate of drug-likeness (QED) is 0.817. The van der Waals surface area contributed by atoms with Crippen molar-refractivity contribution in [3.05, 3.63) is 24.5 Å². The number of amides is 1. The van der Waals surface area contributed by atoms with Crippen molar-refractivity contribution in [2.75, 3.05) is 5.32 Å². The third-order valence-electron chi connectivity index (χ3n) is 2.91. The summed E-state index contributed by atoms with van der Waals surface area (Å²) >= 11 is 0. The first-order valence-corrected chi connectivity index (χ1v) is 5.43. The molecule has 2 aromatic heterocycles. The Morgan fingerprint density at radius 3 is 3.00 bits per heavy atom. The number of nitrogens with one attached hydrogen (secondary N) is 1. The second kappa shape index (κ2) is 4.04. The largest absolute Gasteiger partial charge is 0.368 e. The van der Waals surface area contributed by atoms with Crippen LogP contribution in [0.5, 0.6) is 0 Å². The van der Waals surface area contributed by atoms with Crippen LogP contribution in [0.2, 0.25) is 0 Å². The Morgan fingerprint density at radius 1 is 1.59 bits per heavy atom. The van der Waals surface area contributed by atoms with Gasteiger partial charge in [-0.3, -0.25) is 4.79 Å². The van der Waals surface area contributed by atoms with E-state index in [1.807, 2.05) is 6.92 Å². The van der Waals surface area contributed by atoms with Crippen LogP contribution in [-0.2, 0) is 4.79 Å². The van der Waals surface area contributed by atoms with Crippen molar-refractivity contribution in [1.29, 1.82) is 0 Å². The molecular weight excluding hydrogens is 218 g/mol. The van der Waals surface area contributed by atoms with Gasteiger partial charge in [0.15, 0.2) is 5.65 Å². The SMILES string of the molecule is CCC(C)(Nc1ccn2nccc2n1)C(N)=O. The lowest BCUT2D eigenvalue weighted by atomic mass is 9.98. The molecule has 17 heavy (non-hydrogen) atoms. The average molecular weight is 233 g/mol. The van der Waals surface area contributed by atoms with E-state index in [0.29, 0.717) is 12.2 Å². The lowest BCUT2D eigenvalue weighted by Gasteiger charge is -2.26. The Hall–Kier alpha value is -2.11. The normalized spacial score (nSPS) is 14.5. The van der Waals surface area contributed by atoms with Crippen LogP contribution in [0.1, 0.15) is 20.3 Å². The summed E-state index contributed by atoms with van der Waals surface area (Å²) in [6, 6.07) is 3.55. The Balaban J connectivity index is 2.31. The topological polar surface area (TPSA) is 85.3 Å². The van der Waals surface area contributed by atoms with Gasteiger partial charge in [0.25, 0.3) is 0 Å². The number of nitrogens with two attached hydrogens (primary N) is 1. The van der Waals surface area contributed by atoms with E-state index in [1.165, 1.54) is 0 Å². The lowest BCUT2D eigenvalue weighted by Crippen LogP contribution is -2.47. The molecule has 1 amide bonds. The summed E-state index contributed by atoms with van der Waals surface area (Å²) in [7, 11) is 0. The number of primary amides is 1. The minimum absolute atomic E-state index is 0.393. The molecule has 0 fully saturated rings. The first-order chi connectivity index (χ1) is 8.05. The molecule has 0 saturated carbocycles. The van der Waals surface area contributed by atoms with Gasteiger partial charge in [0.2, 0.25) is 5.91 Å². The predicted molar refractivity (Wildman–Crippen MR) is 64.5 cm³/mol. The summed E-state index contributed by atoms with van der Waals surface area (Å²) in [5, 5.41) is 7.11. The number of rotatable bonds is 4. The van der Waals surface area contributed by atoms with Gasteiger partial charge in [-0.2, -0.15) is 5.10 Å². The molecule has 6 nitrogen and oxygen atoms in total. The van der Waals surface area contributed by atoms with Gasteiger partial charge in [-0.25, -0.2) is 9.50 Å². The number of hydrogen-bond donors (Lipinski definition) is 2. The molecular formula is C11H15N5O. The third kappa shape index (κ3) is 2.06. The number of anilines is 1. The predicted octanol–water partition coefficient (Wildman–Crippen LogP) is 0.795. The second-order valence-electron chi connectivity index (χ2n) is 4.12. The van der Waals surface area contributed by atoms with Crippen LogP contribution in [0.4, 0.5) is 5.82 Å². The molecule has 0 saturated heterocycles. The number of carbonyl (C=O) groups is 1. The van der Waals surface area contributed by atoms with Crippen molar-refractivity contribution in [2.45, 2.75) is 25.8 Å². The van der Waals surface area contributed by atoms with Gasteiger partial charge in [-0.1, -0.05) is 6.92 Å². The number of fused-ring (bicyclic) bond motifs is 1. The minimum atomic E-state index is -0.786. The van der Waals surface area contributed by atoms with Gasteiger partial charge in [-0.05, 0) is 19.4 Å². The summed E-state index contributed by atoms with van der Waals surface area (Å²) in [5.74, 6) is 0.219. The van der Waals surface area contributed by atoms with Crippen LogP contribution >= 0.6 is 0 Å². The summed E-state index contributed by atoms with van der Waals surface area (Å²) in [6.45, 7) is 3.66.